The number of hydrogen-bond acceptors (Lipinski definition) is 3. The molecule has 0 spiro atoms. The lowest BCUT2D eigenvalue weighted by Crippen LogP contribution is -2.39. The van der Waals surface area contributed by atoms with Crippen LogP contribution in [0.1, 0.15) is 24.8 Å². The zero-order valence-electron chi connectivity index (χ0n) is 12.4. The van der Waals surface area contributed by atoms with Gasteiger partial charge in [0, 0.05) is 35.3 Å². The Hall–Kier alpha value is -0.910. The third-order valence-electron chi connectivity index (χ3n) is 4.44. The molecule has 21 heavy (non-hydrogen) atoms. The van der Waals surface area contributed by atoms with E-state index >= 15 is 0 Å². The second-order valence-corrected chi connectivity index (χ2v) is 7.08. The Morgan fingerprint density at radius 1 is 1.38 bits per heavy atom. The SMILES string of the molecule is Cc1cc(Br)ccc1NC(=O)CN1CCC2CCC(C1)N2. The quantitative estimate of drug-likeness (QED) is 0.879. The number of carbonyl (C=O) groups is 1. The molecule has 2 aliphatic rings. The van der Waals surface area contributed by atoms with E-state index in [4.69, 9.17) is 0 Å². The molecule has 0 radical (unpaired) electrons. The Balaban J connectivity index is 1.56. The molecule has 2 heterocycles. The fourth-order valence-corrected chi connectivity index (χ4v) is 3.79. The number of rotatable bonds is 3. The number of nitrogens with one attached hydrogen (secondary N) is 2. The van der Waals surface area contributed by atoms with Crippen LogP contribution in [-0.4, -0.2) is 42.5 Å². The van der Waals surface area contributed by atoms with Gasteiger partial charge in [-0.15, -0.1) is 0 Å². The molecular weight excluding hydrogens is 330 g/mol. The van der Waals surface area contributed by atoms with E-state index < -0.39 is 0 Å². The maximum Gasteiger partial charge on any atom is 0.238 e. The van der Waals surface area contributed by atoms with E-state index in [0.717, 1.165) is 35.2 Å². The average Bonchev–Trinajstić information content (AvgIpc) is 2.76. The van der Waals surface area contributed by atoms with Gasteiger partial charge >= 0.3 is 0 Å². The van der Waals surface area contributed by atoms with Crippen LogP contribution >= 0.6 is 15.9 Å². The number of anilines is 1. The van der Waals surface area contributed by atoms with E-state index in [2.05, 4.69) is 31.5 Å². The van der Waals surface area contributed by atoms with Crippen molar-refractivity contribution in [1.82, 2.24) is 10.2 Å². The molecule has 2 bridgehead atoms. The van der Waals surface area contributed by atoms with Crippen LogP contribution in [0.15, 0.2) is 22.7 Å². The molecule has 1 amide bonds. The van der Waals surface area contributed by atoms with Crippen LogP contribution in [0.3, 0.4) is 0 Å². The van der Waals surface area contributed by atoms with Crippen LogP contribution in [0.25, 0.3) is 0 Å². The molecule has 3 rings (SSSR count). The van der Waals surface area contributed by atoms with Gasteiger partial charge in [0.2, 0.25) is 5.91 Å². The zero-order valence-corrected chi connectivity index (χ0v) is 13.9. The van der Waals surface area contributed by atoms with Crippen LogP contribution in [0.2, 0.25) is 0 Å². The first-order valence-electron chi connectivity index (χ1n) is 7.64. The predicted molar refractivity (Wildman–Crippen MR) is 88.5 cm³/mol. The smallest absolute Gasteiger partial charge is 0.238 e. The summed E-state index contributed by atoms with van der Waals surface area (Å²) in [6.45, 7) is 4.50. The summed E-state index contributed by atoms with van der Waals surface area (Å²) in [5, 5.41) is 6.67. The number of benzene rings is 1. The van der Waals surface area contributed by atoms with Gasteiger partial charge in [-0.3, -0.25) is 9.69 Å². The van der Waals surface area contributed by atoms with Crippen molar-refractivity contribution in [2.75, 3.05) is 25.0 Å². The van der Waals surface area contributed by atoms with E-state index in [0.29, 0.717) is 18.6 Å². The fourth-order valence-electron chi connectivity index (χ4n) is 3.32. The molecule has 2 unspecified atom stereocenters. The number of amides is 1. The Labute approximate surface area is 134 Å². The highest BCUT2D eigenvalue weighted by Gasteiger charge is 2.29. The van der Waals surface area contributed by atoms with E-state index in [1.165, 1.54) is 12.8 Å². The summed E-state index contributed by atoms with van der Waals surface area (Å²) in [6.07, 6.45) is 3.69. The van der Waals surface area contributed by atoms with Gasteiger partial charge in [0.05, 0.1) is 6.54 Å². The maximum atomic E-state index is 12.3. The molecule has 0 aliphatic carbocycles. The molecule has 1 aromatic rings. The molecule has 114 valence electrons. The first-order valence-corrected chi connectivity index (χ1v) is 8.44. The van der Waals surface area contributed by atoms with Crippen molar-refractivity contribution in [2.45, 2.75) is 38.3 Å². The third kappa shape index (κ3) is 3.84. The highest BCUT2D eigenvalue weighted by atomic mass is 79.9. The van der Waals surface area contributed by atoms with Crippen LogP contribution in [-0.2, 0) is 4.79 Å². The lowest BCUT2D eigenvalue weighted by molar-refractivity contribution is -0.117. The summed E-state index contributed by atoms with van der Waals surface area (Å²) in [5.74, 6) is 0.0817. The first kappa shape index (κ1) is 15.0. The van der Waals surface area contributed by atoms with Gasteiger partial charge in [-0.1, -0.05) is 15.9 Å². The standard InChI is InChI=1S/C16H22BrN3O/c1-11-8-12(17)2-5-15(11)19-16(21)10-20-7-6-13-3-4-14(9-20)18-13/h2,5,8,13-14,18H,3-4,6-7,9-10H2,1H3,(H,19,21). The van der Waals surface area contributed by atoms with Crippen LogP contribution < -0.4 is 10.6 Å². The topological polar surface area (TPSA) is 44.4 Å². The van der Waals surface area contributed by atoms with Gasteiger partial charge in [0.1, 0.15) is 0 Å². The molecule has 0 aromatic heterocycles. The van der Waals surface area contributed by atoms with Crippen molar-refractivity contribution in [3.8, 4) is 0 Å². The molecule has 2 fully saturated rings. The van der Waals surface area contributed by atoms with E-state index in [9.17, 15) is 4.79 Å². The Kier molecular flexibility index (Phi) is 4.62. The highest BCUT2D eigenvalue weighted by molar-refractivity contribution is 9.10. The van der Waals surface area contributed by atoms with Crippen molar-refractivity contribution < 1.29 is 4.79 Å². The lowest BCUT2D eigenvalue weighted by atomic mass is 10.1. The molecule has 4 nitrogen and oxygen atoms in total. The van der Waals surface area contributed by atoms with Gasteiger partial charge < -0.3 is 10.6 Å². The lowest BCUT2D eigenvalue weighted by Gasteiger charge is -2.23. The Morgan fingerprint density at radius 3 is 3.00 bits per heavy atom. The number of halogens is 1. The summed E-state index contributed by atoms with van der Waals surface area (Å²) >= 11 is 3.44. The number of likely N-dealkylation sites (tertiary alicyclic amines) is 1. The molecule has 2 saturated heterocycles. The second kappa shape index (κ2) is 6.46. The maximum absolute atomic E-state index is 12.3. The number of fused-ring (bicyclic) bond motifs is 2. The minimum atomic E-state index is 0.0817. The molecule has 0 saturated carbocycles. The van der Waals surface area contributed by atoms with Crippen LogP contribution in [0.5, 0.6) is 0 Å². The third-order valence-corrected chi connectivity index (χ3v) is 4.93. The average molecular weight is 352 g/mol. The number of aryl methyl sites for hydroxylation is 1. The minimum absolute atomic E-state index is 0.0817. The number of carbonyl (C=O) groups excluding carboxylic acids is 1. The summed E-state index contributed by atoms with van der Waals surface area (Å²) in [7, 11) is 0. The molecule has 2 atom stereocenters. The van der Waals surface area contributed by atoms with Gasteiger partial charge in [0.15, 0.2) is 0 Å². The summed E-state index contributed by atoms with van der Waals surface area (Å²) in [5.41, 5.74) is 1.98. The molecule has 2 N–H and O–H groups in total. The summed E-state index contributed by atoms with van der Waals surface area (Å²) < 4.78 is 1.03. The molecule has 1 aromatic carbocycles. The predicted octanol–water partition coefficient (Wildman–Crippen LogP) is 2.52. The first-order chi connectivity index (χ1) is 10.1. The zero-order chi connectivity index (χ0) is 14.8. The van der Waals surface area contributed by atoms with Crippen LogP contribution in [0.4, 0.5) is 5.69 Å². The minimum Gasteiger partial charge on any atom is -0.325 e. The molecule has 5 heteroatoms. The summed E-state index contributed by atoms with van der Waals surface area (Å²) in [6, 6.07) is 7.15. The van der Waals surface area contributed by atoms with E-state index in [-0.39, 0.29) is 5.91 Å². The second-order valence-electron chi connectivity index (χ2n) is 6.17. The molecular formula is C16H22BrN3O. The van der Waals surface area contributed by atoms with Crippen molar-refractivity contribution in [3.05, 3.63) is 28.2 Å². The largest absolute Gasteiger partial charge is 0.325 e. The van der Waals surface area contributed by atoms with Gasteiger partial charge in [-0.25, -0.2) is 0 Å². The normalized spacial score (nSPS) is 25.6. The highest BCUT2D eigenvalue weighted by Crippen LogP contribution is 2.21. The van der Waals surface area contributed by atoms with Crippen molar-refractivity contribution in [3.63, 3.8) is 0 Å². The van der Waals surface area contributed by atoms with E-state index in [1.54, 1.807) is 0 Å². The Morgan fingerprint density at radius 2 is 2.19 bits per heavy atom. The molecule has 2 aliphatic heterocycles. The number of nitrogens with zero attached hydrogens (tertiary/aromatic N) is 1. The van der Waals surface area contributed by atoms with Crippen molar-refractivity contribution >= 4 is 27.5 Å². The summed E-state index contributed by atoms with van der Waals surface area (Å²) in [4.78, 5) is 14.5. The van der Waals surface area contributed by atoms with Gasteiger partial charge in [-0.05, 0) is 49.9 Å². The van der Waals surface area contributed by atoms with Crippen molar-refractivity contribution in [1.29, 1.82) is 0 Å². The monoisotopic (exact) mass is 351 g/mol. The van der Waals surface area contributed by atoms with Crippen molar-refractivity contribution in [2.24, 2.45) is 0 Å². The van der Waals surface area contributed by atoms with Gasteiger partial charge in [0.25, 0.3) is 0 Å². The van der Waals surface area contributed by atoms with E-state index in [1.807, 2.05) is 25.1 Å². The van der Waals surface area contributed by atoms with Crippen LogP contribution in [0, 0.1) is 6.92 Å². The van der Waals surface area contributed by atoms with Gasteiger partial charge in [-0.2, -0.15) is 0 Å². The number of hydrogen-bond donors (Lipinski definition) is 2. The fraction of sp³-hybridized carbons (Fsp3) is 0.562. The Bertz CT molecular complexity index is 534.